The van der Waals surface area contributed by atoms with Crippen LogP contribution < -0.4 is 22.1 Å². The van der Waals surface area contributed by atoms with Gasteiger partial charge in [0.15, 0.2) is 5.96 Å². The molecule has 3 amide bonds. The van der Waals surface area contributed by atoms with Crippen LogP contribution in [0.1, 0.15) is 63.5 Å². The molecule has 10 N–H and O–H groups in total. The van der Waals surface area contributed by atoms with E-state index in [1.54, 1.807) is 36.4 Å². The zero-order chi connectivity index (χ0) is 35.9. The lowest BCUT2D eigenvalue weighted by Gasteiger charge is -2.34. The molecule has 0 radical (unpaired) electrons. The van der Waals surface area contributed by atoms with Crippen LogP contribution in [-0.2, 0) is 36.8 Å². The third kappa shape index (κ3) is 13.2. The number of rotatable bonds is 15. The summed E-state index contributed by atoms with van der Waals surface area (Å²) in [7, 11) is 0. The number of carbonyl (C=O) groups excluding carboxylic acids is 3. The van der Waals surface area contributed by atoms with Gasteiger partial charge >= 0.3 is 5.97 Å². The number of amides is 3. The minimum atomic E-state index is -1.59. The smallest absolute Gasteiger partial charge is 0.326 e. The molecule has 0 bridgehead atoms. The van der Waals surface area contributed by atoms with Crippen molar-refractivity contribution in [2.45, 2.75) is 82.8 Å². The average molecular weight is 671 g/mol. The monoisotopic (exact) mass is 670 g/mol. The van der Waals surface area contributed by atoms with Gasteiger partial charge in [0, 0.05) is 32.9 Å². The molecule has 15 heteroatoms. The molecule has 48 heavy (non-hydrogen) atoms. The van der Waals surface area contributed by atoms with Gasteiger partial charge in [0.2, 0.25) is 17.7 Å². The number of carboxylic acids is 2. The van der Waals surface area contributed by atoms with Gasteiger partial charge in [-0.15, -0.1) is 0 Å². The second-order valence-electron chi connectivity index (χ2n) is 11.8. The normalized spacial score (nSPS) is 15.5. The Morgan fingerprint density at radius 1 is 0.958 bits per heavy atom. The van der Waals surface area contributed by atoms with Crippen LogP contribution in [0.3, 0.4) is 0 Å². The number of aliphatic carboxylic acids is 2. The molecule has 0 aromatic heterocycles. The number of aromatic hydroxyl groups is 2. The Hall–Kier alpha value is -5.34. The quantitative estimate of drug-likeness (QED) is 0.0759. The van der Waals surface area contributed by atoms with Crippen LogP contribution >= 0.6 is 0 Å². The molecule has 0 spiro atoms. The molecular weight excluding hydrogens is 624 g/mol. The standard InChI is InChI=1S/C31H42N6O7.C2H4O2/c1-31(19-21-11-15-23(39)16-12-21,29(44)35-24(28(42)43)6-3-17-34-30(32)33)36-27(41)25-7-4-18-37(25)26(40)8-2-5-20-9-13-22(38)14-10-20;1-2(3)4/h9-16,24-25,38-39H,2-8,17-19H2,1H3,(H,35,44)(H,36,41)(H,42,43)(H4,32,33,34);1H3,(H,3,4)/t24-,25-,31-;/m0./s1. The molecule has 0 aliphatic carbocycles. The Labute approximate surface area is 279 Å². The van der Waals surface area contributed by atoms with Crippen molar-refractivity contribution in [3.63, 3.8) is 0 Å². The van der Waals surface area contributed by atoms with Crippen LogP contribution in [0, 0.1) is 0 Å². The summed E-state index contributed by atoms with van der Waals surface area (Å²) < 4.78 is 0. The fourth-order valence-corrected chi connectivity index (χ4v) is 5.22. The summed E-state index contributed by atoms with van der Waals surface area (Å²) in [4.78, 5) is 66.8. The van der Waals surface area contributed by atoms with Gasteiger partial charge in [-0.1, -0.05) is 24.3 Å². The number of guanidine groups is 1. The Morgan fingerprint density at radius 3 is 2.06 bits per heavy atom. The first-order valence-corrected chi connectivity index (χ1v) is 15.6. The lowest BCUT2D eigenvalue weighted by Crippen LogP contribution is -2.63. The minimum absolute atomic E-state index is 0.00150. The molecule has 3 rings (SSSR count). The maximum Gasteiger partial charge on any atom is 0.326 e. The van der Waals surface area contributed by atoms with Crippen LogP contribution in [0.5, 0.6) is 11.5 Å². The van der Waals surface area contributed by atoms with Gasteiger partial charge in [0.05, 0.1) is 0 Å². The molecule has 3 atom stereocenters. The molecule has 1 fully saturated rings. The third-order valence-electron chi connectivity index (χ3n) is 7.61. The summed E-state index contributed by atoms with van der Waals surface area (Å²) >= 11 is 0. The van der Waals surface area contributed by atoms with E-state index < -0.39 is 41.4 Å². The van der Waals surface area contributed by atoms with Gasteiger partial charge in [-0.05, 0) is 80.8 Å². The number of nitrogens with zero attached hydrogens (tertiary/aromatic N) is 2. The zero-order valence-electron chi connectivity index (χ0n) is 27.2. The Kier molecular flexibility index (Phi) is 15.1. The number of phenols is 2. The summed E-state index contributed by atoms with van der Waals surface area (Å²) in [5.74, 6) is -3.39. The first-order chi connectivity index (χ1) is 22.6. The van der Waals surface area contributed by atoms with E-state index >= 15 is 0 Å². The highest BCUT2D eigenvalue weighted by molar-refractivity contribution is 5.96. The number of benzene rings is 2. The summed E-state index contributed by atoms with van der Waals surface area (Å²) in [5, 5.41) is 41.7. The molecule has 1 heterocycles. The van der Waals surface area contributed by atoms with E-state index in [2.05, 4.69) is 15.6 Å². The number of likely N-dealkylation sites (tertiary alicyclic amines) is 1. The molecule has 2 aromatic rings. The molecule has 1 aliphatic heterocycles. The lowest BCUT2D eigenvalue weighted by atomic mass is 9.90. The summed E-state index contributed by atoms with van der Waals surface area (Å²) in [6.45, 7) is 3.18. The Balaban J connectivity index is 0.00000189. The van der Waals surface area contributed by atoms with Crippen molar-refractivity contribution >= 4 is 35.6 Å². The maximum atomic E-state index is 13.7. The van der Waals surface area contributed by atoms with E-state index in [-0.39, 0.29) is 49.2 Å². The van der Waals surface area contributed by atoms with Gasteiger partial charge in [-0.2, -0.15) is 0 Å². The molecule has 262 valence electrons. The number of nitrogens with one attached hydrogen (secondary N) is 2. The maximum absolute atomic E-state index is 13.7. The van der Waals surface area contributed by atoms with Crippen LogP contribution in [0.25, 0.3) is 0 Å². The minimum Gasteiger partial charge on any atom is -0.508 e. The summed E-state index contributed by atoms with van der Waals surface area (Å²) in [6.07, 6.45) is 2.83. The number of hydrogen-bond donors (Lipinski definition) is 8. The molecule has 0 saturated carbocycles. The number of nitrogens with two attached hydrogens (primary N) is 2. The topological polar surface area (TPSA) is 258 Å². The van der Waals surface area contributed by atoms with Crippen molar-refractivity contribution < 1.29 is 44.4 Å². The van der Waals surface area contributed by atoms with Crippen molar-refractivity contribution in [1.82, 2.24) is 15.5 Å². The number of aliphatic imine (C=N–C) groups is 1. The van der Waals surface area contributed by atoms with Crippen LogP contribution in [-0.4, -0.2) is 91.7 Å². The first kappa shape index (κ1) is 38.8. The van der Waals surface area contributed by atoms with E-state index in [1.165, 1.54) is 24.0 Å². The fraction of sp³-hybridized carbons (Fsp3) is 0.455. The third-order valence-corrected chi connectivity index (χ3v) is 7.61. The zero-order valence-corrected chi connectivity index (χ0v) is 27.2. The summed E-state index contributed by atoms with van der Waals surface area (Å²) in [6, 6.07) is 10.9. The second-order valence-corrected chi connectivity index (χ2v) is 11.8. The van der Waals surface area contributed by atoms with Crippen LogP contribution in [0.4, 0.5) is 0 Å². The van der Waals surface area contributed by atoms with Crippen molar-refractivity contribution in [2.75, 3.05) is 13.1 Å². The van der Waals surface area contributed by atoms with Gasteiger partial charge in [-0.3, -0.25) is 24.2 Å². The van der Waals surface area contributed by atoms with E-state index in [4.69, 9.17) is 21.4 Å². The van der Waals surface area contributed by atoms with Crippen molar-refractivity contribution in [1.29, 1.82) is 0 Å². The van der Waals surface area contributed by atoms with E-state index in [0.717, 1.165) is 12.5 Å². The van der Waals surface area contributed by atoms with Gasteiger partial charge in [0.1, 0.15) is 29.1 Å². The Bertz CT molecular complexity index is 1420. The largest absolute Gasteiger partial charge is 0.508 e. The highest BCUT2D eigenvalue weighted by Crippen LogP contribution is 2.23. The van der Waals surface area contributed by atoms with E-state index in [9.17, 15) is 34.5 Å². The lowest BCUT2D eigenvalue weighted by molar-refractivity contribution is -0.144. The second kappa shape index (κ2) is 18.7. The molecule has 1 saturated heterocycles. The van der Waals surface area contributed by atoms with E-state index in [0.29, 0.717) is 44.2 Å². The number of phenolic OH excluding ortho intramolecular Hbond substituents is 2. The highest BCUT2D eigenvalue weighted by Gasteiger charge is 2.41. The molecular formula is C33H46N6O9. The van der Waals surface area contributed by atoms with Crippen molar-refractivity contribution in [3.8, 4) is 11.5 Å². The van der Waals surface area contributed by atoms with Gasteiger partial charge < -0.3 is 47.4 Å². The Morgan fingerprint density at radius 2 is 1.52 bits per heavy atom. The molecule has 2 aromatic carbocycles. The number of carboxylic acid groups (broad SMARTS) is 2. The SMILES string of the molecule is CC(=O)O.C[C@@](Cc1ccc(O)cc1)(NC(=O)[C@@H]1CCCN1C(=O)CCCc1ccc(O)cc1)C(=O)N[C@@H](CCCN=C(N)N)C(=O)O. The molecule has 15 nitrogen and oxygen atoms in total. The van der Waals surface area contributed by atoms with Crippen LogP contribution in [0.15, 0.2) is 53.5 Å². The first-order valence-electron chi connectivity index (χ1n) is 15.6. The predicted molar refractivity (Wildman–Crippen MR) is 177 cm³/mol. The predicted octanol–water partition coefficient (Wildman–Crippen LogP) is 1.24. The number of aryl methyl sites for hydroxylation is 1. The number of hydrogen-bond acceptors (Lipinski definition) is 8. The van der Waals surface area contributed by atoms with Gasteiger partial charge in [-0.25, -0.2) is 4.79 Å². The van der Waals surface area contributed by atoms with Crippen LogP contribution in [0.2, 0.25) is 0 Å². The van der Waals surface area contributed by atoms with Gasteiger partial charge in [0.25, 0.3) is 5.97 Å². The fourth-order valence-electron chi connectivity index (χ4n) is 5.22. The van der Waals surface area contributed by atoms with E-state index in [1.807, 2.05) is 0 Å². The highest BCUT2D eigenvalue weighted by atomic mass is 16.4. The average Bonchev–Trinajstić information content (AvgIpc) is 3.51. The van der Waals surface area contributed by atoms with Crippen molar-refractivity contribution in [2.24, 2.45) is 16.5 Å². The molecule has 1 aliphatic rings. The molecule has 0 unspecified atom stereocenters. The summed E-state index contributed by atoms with van der Waals surface area (Å²) in [5.41, 5.74) is 10.7. The van der Waals surface area contributed by atoms with Crippen molar-refractivity contribution in [3.05, 3.63) is 59.7 Å². The number of carbonyl (C=O) groups is 5.